The van der Waals surface area contributed by atoms with E-state index in [-0.39, 0.29) is 11.9 Å². The van der Waals surface area contributed by atoms with Crippen molar-refractivity contribution >= 4 is 0 Å². The number of rotatable bonds is 0. The van der Waals surface area contributed by atoms with E-state index in [1.807, 2.05) is 6.92 Å². The molecule has 2 bridgehead atoms. The van der Waals surface area contributed by atoms with Gasteiger partial charge in [-0.3, -0.25) is 0 Å². The summed E-state index contributed by atoms with van der Waals surface area (Å²) >= 11 is 0. The first-order valence-corrected chi connectivity index (χ1v) is 7.71. The largest absolute Gasteiger partial charge is 0.349 e. The summed E-state index contributed by atoms with van der Waals surface area (Å²) in [4.78, 5) is 11.7. The van der Waals surface area contributed by atoms with E-state index >= 15 is 0 Å². The van der Waals surface area contributed by atoms with Crippen LogP contribution in [0.3, 0.4) is 0 Å². The molecule has 108 valence electrons. The van der Waals surface area contributed by atoms with Crippen molar-refractivity contribution in [2.45, 2.75) is 64.1 Å². The molecule has 19 heavy (non-hydrogen) atoms. The standard InChI is InChI=1S/C15H24O4/c1-9-4-5-11-10(2)8-16-13-15(11)12(9)6-7-14(3,17-13)18-19-15/h9-13H,4-8H2,1-3H3/t9-,10+,11+,12+,13-,14?,15?/m1/s1. The normalized spacial score (nSPS) is 60.5. The van der Waals surface area contributed by atoms with Crippen LogP contribution in [-0.4, -0.2) is 24.3 Å². The molecule has 1 aliphatic carbocycles. The number of hydrogen-bond acceptors (Lipinski definition) is 4. The summed E-state index contributed by atoms with van der Waals surface area (Å²) in [6.45, 7) is 7.36. The van der Waals surface area contributed by atoms with E-state index in [2.05, 4.69) is 13.8 Å². The zero-order valence-electron chi connectivity index (χ0n) is 12.1. The van der Waals surface area contributed by atoms with E-state index in [4.69, 9.17) is 19.2 Å². The third-order valence-electron chi connectivity index (χ3n) is 5.97. The molecule has 0 radical (unpaired) electrons. The summed E-state index contributed by atoms with van der Waals surface area (Å²) in [6, 6.07) is 0. The highest BCUT2D eigenvalue weighted by atomic mass is 17.3. The predicted octanol–water partition coefficient (Wildman–Crippen LogP) is 2.87. The summed E-state index contributed by atoms with van der Waals surface area (Å²) in [6.07, 6.45) is 4.24. The molecule has 4 heterocycles. The van der Waals surface area contributed by atoms with E-state index in [9.17, 15) is 0 Å². The fourth-order valence-electron chi connectivity index (χ4n) is 4.88. The quantitative estimate of drug-likeness (QED) is 0.633. The second-order valence-corrected chi connectivity index (χ2v) is 7.22. The van der Waals surface area contributed by atoms with Crippen LogP contribution in [0.5, 0.6) is 0 Å². The van der Waals surface area contributed by atoms with E-state index in [1.165, 1.54) is 12.8 Å². The van der Waals surface area contributed by atoms with Crippen LogP contribution in [0.1, 0.15) is 46.5 Å². The summed E-state index contributed by atoms with van der Waals surface area (Å²) in [5.74, 6) is 1.53. The monoisotopic (exact) mass is 268 g/mol. The molecular weight excluding hydrogens is 244 g/mol. The Morgan fingerprint density at radius 2 is 1.74 bits per heavy atom. The molecular formula is C15H24O4. The second-order valence-electron chi connectivity index (χ2n) is 7.22. The molecule has 0 amide bonds. The van der Waals surface area contributed by atoms with Gasteiger partial charge in [0.2, 0.25) is 5.79 Å². The van der Waals surface area contributed by atoms with Gasteiger partial charge in [0.15, 0.2) is 11.9 Å². The highest BCUT2D eigenvalue weighted by molar-refractivity contribution is 5.08. The molecule has 4 aliphatic heterocycles. The highest BCUT2D eigenvalue weighted by Gasteiger charge is 2.67. The molecule has 1 saturated carbocycles. The van der Waals surface area contributed by atoms with Gasteiger partial charge in [-0.05, 0) is 43.9 Å². The average Bonchev–Trinajstić information content (AvgIpc) is 2.61. The lowest BCUT2D eigenvalue weighted by atomic mass is 9.58. The number of hydrogen-bond donors (Lipinski definition) is 0. The van der Waals surface area contributed by atoms with Gasteiger partial charge in [-0.15, -0.1) is 0 Å². The minimum absolute atomic E-state index is 0.248. The first-order valence-electron chi connectivity index (χ1n) is 7.71. The van der Waals surface area contributed by atoms with Crippen molar-refractivity contribution in [2.75, 3.05) is 6.61 Å². The molecule has 4 saturated heterocycles. The minimum atomic E-state index is -0.627. The topological polar surface area (TPSA) is 36.9 Å². The van der Waals surface area contributed by atoms with Crippen LogP contribution in [0, 0.1) is 23.7 Å². The van der Waals surface area contributed by atoms with Crippen molar-refractivity contribution < 1.29 is 19.2 Å². The molecule has 4 heteroatoms. The van der Waals surface area contributed by atoms with Gasteiger partial charge in [-0.25, -0.2) is 9.78 Å². The molecule has 4 nitrogen and oxygen atoms in total. The molecule has 5 rings (SSSR count). The third kappa shape index (κ3) is 1.54. The lowest BCUT2D eigenvalue weighted by Crippen LogP contribution is -2.68. The van der Waals surface area contributed by atoms with Gasteiger partial charge in [0.1, 0.15) is 0 Å². The Labute approximate surface area is 114 Å². The van der Waals surface area contributed by atoms with E-state index in [0.29, 0.717) is 23.7 Å². The van der Waals surface area contributed by atoms with Gasteiger partial charge in [0.25, 0.3) is 0 Å². The van der Waals surface area contributed by atoms with Gasteiger partial charge < -0.3 is 9.47 Å². The molecule has 5 fully saturated rings. The van der Waals surface area contributed by atoms with Gasteiger partial charge in [0.05, 0.1) is 6.61 Å². The molecule has 0 aromatic rings. The van der Waals surface area contributed by atoms with Gasteiger partial charge in [-0.1, -0.05) is 13.8 Å². The maximum absolute atomic E-state index is 6.16. The maximum atomic E-state index is 6.16. The molecule has 0 N–H and O–H groups in total. The van der Waals surface area contributed by atoms with Crippen LogP contribution in [0.4, 0.5) is 0 Å². The minimum Gasteiger partial charge on any atom is -0.349 e. The van der Waals surface area contributed by atoms with Crippen LogP contribution < -0.4 is 0 Å². The van der Waals surface area contributed by atoms with Crippen LogP contribution >= 0.6 is 0 Å². The Morgan fingerprint density at radius 1 is 0.947 bits per heavy atom. The van der Waals surface area contributed by atoms with Gasteiger partial charge in [-0.2, -0.15) is 0 Å². The molecule has 1 spiro atoms. The summed E-state index contributed by atoms with van der Waals surface area (Å²) < 4.78 is 12.2. The fourth-order valence-corrected chi connectivity index (χ4v) is 4.88. The highest BCUT2D eigenvalue weighted by Crippen LogP contribution is 2.59. The smallest absolute Gasteiger partial charge is 0.201 e. The van der Waals surface area contributed by atoms with Crippen molar-refractivity contribution in [2.24, 2.45) is 23.7 Å². The van der Waals surface area contributed by atoms with E-state index in [0.717, 1.165) is 19.4 Å². The molecule has 0 aromatic carbocycles. The Bertz CT molecular complexity index is 386. The summed E-state index contributed by atoms with van der Waals surface area (Å²) in [7, 11) is 0. The van der Waals surface area contributed by atoms with Crippen LogP contribution in [0.15, 0.2) is 0 Å². The first kappa shape index (κ1) is 12.6. The molecule has 7 atom stereocenters. The SMILES string of the molecule is C[C@@H]1CC[C@H]2[C@@H](C)CO[C@@H]3OC4(C)CC[C@@H]1C32OO4. The summed E-state index contributed by atoms with van der Waals surface area (Å²) in [5.41, 5.74) is -0.370. The van der Waals surface area contributed by atoms with Gasteiger partial charge >= 0.3 is 0 Å². The van der Waals surface area contributed by atoms with Crippen molar-refractivity contribution in [3.8, 4) is 0 Å². The predicted molar refractivity (Wildman–Crippen MR) is 67.9 cm³/mol. The molecule has 2 unspecified atom stereocenters. The zero-order chi connectivity index (χ0) is 13.3. The third-order valence-corrected chi connectivity index (χ3v) is 5.97. The number of fused-ring (bicyclic) bond motifs is 2. The second kappa shape index (κ2) is 3.94. The Morgan fingerprint density at radius 3 is 2.58 bits per heavy atom. The Kier molecular flexibility index (Phi) is 2.61. The van der Waals surface area contributed by atoms with E-state index in [1.54, 1.807) is 0 Å². The van der Waals surface area contributed by atoms with Crippen LogP contribution in [0.25, 0.3) is 0 Å². The van der Waals surface area contributed by atoms with Crippen molar-refractivity contribution in [3.63, 3.8) is 0 Å². The summed E-state index contributed by atoms with van der Waals surface area (Å²) in [5, 5.41) is 0. The Balaban J connectivity index is 1.81. The Hall–Kier alpha value is -0.160. The molecule has 0 aromatic heterocycles. The first-order chi connectivity index (χ1) is 9.05. The average molecular weight is 268 g/mol. The molecule has 5 aliphatic rings. The van der Waals surface area contributed by atoms with Crippen molar-refractivity contribution in [1.82, 2.24) is 0 Å². The van der Waals surface area contributed by atoms with E-state index < -0.39 is 5.79 Å². The lowest BCUT2D eigenvalue weighted by molar-refractivity contribution is -0.566. The van der Waals surface area contributed by atoms with Crippen molar-refractivity contribution in [1.29, 1.82) is 0 Å². The number of ether oxygens (including phenoxy) is 2. The fraction of sp³-hybridized carbons (Fsp3) is 1.00. The maximum Gasteiger partial charge on any atom is 0.201 e. The lowest BCUT2D eigenvalue weighted by Gasteiger charge is -2.58. The van der Waals surface area contributed by atoms with Gasteiger partial charge in [0, 0.05) is 12.3 Å². The van der Waals surface area contributed by atoms with Crippen LogP contribution in [-0.2, 0) is 19.2 Å². The van der Waals surface area contributed by atoms with Crippen molar-refractivity contribution in [3.05, 3.63) is 0 Å². The zero-order valence-corrected chi connectivity index (χ0v) is 12.1. The van der Waals surface area contributed by atoms with Crippen LogP contribution in [0.2, 0.25) is 0 Å².